The molecule has 1 aliphatic heterocycles. The van der Waals surface area contributed by atoms with E-state index in [9.17, 15) is 4.79 Å². The van der Waals surface area contributed by atoms with Gasteiger partial charge in [-0.25, -0.2) is 0 Å². The maximum Gasteiger partial charge on any atom is 0.231 e. The quantitative estimate of drug-likeness (QED) is 0.803. The van der Waals surface area contributed by atoms with Crippen molar-refractivity contribution < 1.29 is 4.79 Å². The summed E-state index contributed by atoms with van der Waals surface area (Å²) in [5, 5.41) is 3.65. The second-order valence-electron chi connectivity index (χ2n) is 6.07. The minimum Gasteiger partial charge on any atom is -0.369 e. The van der Waals surface area contributed by atoms with Gasteiger partial charge in [0.15, 0.2) is 0 Å². The molecule has 2 rings (SSSR count). The van der Waals surface area contributed by atoms with E-state index in [0.717, 1.165) is 38.9 Å². The van der Waals surface area contributed by atoms with Crippen LogP contribution in [0.25, 0.3) is 0 Å². The fourth-order valence-electron chi connectivity index (χ4n) is 2.97. The Balaban J connectivity index is 1.63. The summed E-state index contributed by atoms with van der Waals surface area (Å²) in [4.78, 5) is 13.0. The molecule has 1 unspecified atom stereocenters. The van der Waals surface area contributed by atoms with E-state index >= 15 is 0 Å². The number of likely N-dealkylation sites (tertiary alicyclic amines) is 1. The van der Waals surface area contributed by atoms with Crippen LogP contribution in [0, 0.1) is 0 Å². The van der Waals surface area contributed by atoms with Gasteiger partial charge in [0.05, 0.1) is 6.54 Å². The van der Waals surface area contributed by atoms with E-state index in [1.165, 1.54) is 5.56 Å². The predicted octanol–water partition coefficient (Wildman–Crippen LogP) is 1.72. The Bertz CT molecular complexity index is 427. The van der Waals surface area contributed by atoms with E-state index in [2.05, 4.69) is 47.5 Å². The molecule has 116 valence electrons. The van der Waals surface area contributed by atoms with Crippen LogP contribution in [0.2, 0.25) is 0 Å². The number of amides is 1. The average molecular weight is 289 g/mol. The van der Waals surface area contributed by atoms with Crippen molar-refractivity contribution in [1.82, 2.24) is 10.2 Å². The summed E-state index contributed by atoms with van der Waals surface area (Å²) in [6, 6.07) is 11.3. The number of hydrogen-bond donors (Lipinski definition) is 2. The van der Waals surface area contributed by atoms with Gasteiger partial charge in [-0.05, 0) is 37.3 Å². The summed E-state index contributed by atoms with van der Waals surface area (Å²) >= 11 is 0. The number of hydrogen-bond acceptors (Lipinski definition) is 3. The summed E-state index contributed by atoms with van der Waals surface area (Å²) in [5.74, 6) is 0.367. The first-order valence-corrected chi connectivity index (χ1v) is 7.94. The van der Waals surface area contributed by atoms with E-state index in [-0.39, 0.29) is 5.91 Å². The van der Waals surface area contributed by atoms with Crippen LogP contribution < -0.4 is 11.1 Å². The first-order chi connectivity index (χ1) is 10.1. The lowest BCUT2D eigenvalue weighted by atomic mass is 9.97. The molecule has 0 saturated carbocycles. The van der Waals surface area contributed by atoms with Gasteiger partial charge in [-0.1, -0.05) is 37.3 Å². The molecule has 1 saturated heterocycles. The van der Waals surface area contributed by atoms with E-state index in [1.54, 1.807) is 0 Å². The van der Waals surface area contributed by atoms with Crippen molar-refractivity contribution in [3.8, 4) is 0 Å². The first-order valence-electron chi connectivity index (χ1n) is 7.94. The number of piperidine rings is 1. The van der Waals surface area contributed by atoms with Gasteiger partial charge < -0.3 is 11.1 Å². The Labute approximate surface area is 127 Å². The first kappa shape index (κ1) is 16.0. The second-order valence-corrected chi connectivity index (χ2v) is 6.07. The molecule has 1 atom stereocenters. The maximum atomic E-state index is 10.9. The topological polar surface area (TPSA) is 58.4 Å². The zero-order chi connectivity index (χ0) is 15.1. The van der Waals surface area contributed by atoms with Crippen LogP contribution in [-0.2, 0) is 4.79 Å². The van der Waals surface area contributed by atoms with Crippen molar-refractivity contribution >= 4 is 5.91 Å². The van der Waals surface area contributed by atoms with Gasteiger partial charge in [0.25, 0.3) is 0 Å². The number of nitrogens with zero attached hydrogens (tertiary/aromatic N) is 1. The third-order valence-electron chi connectivity index (χ3n) is 4.35. The van der Waals surface area contributed by atoms with Crippen LogP contribution >= 0.6 is 0 Å². The van der Waals surface area contributed by atoms with Gasteiger partial charge in [-0.2, -0.15) is 0 Å². The summed E-state index contributed by atoms with van der Waals surface area (Å²) in [6.45, 7) is 5.67. The molecule has 3 N–H and O–H groups in total. The summed E-state index contributed by atoms with van der Waals surface area (Å²) in [6.07, 6.45) is 3.37. The molecule has 1 aromatic rings. The standard InChI is InChI=1S/C17H27N3O/c1-14(15-5-3-2-4-6-15)7-10-19-16-8-11-20(12-9-16)13-17(18)21/h2-6,14,16,19H,7-13H2,1H3,(H2,18,21). The molecule has 0 spiro atoms. The molecule has 1 fully saturated rings. The van der Waals surface area contributed by atoms with Crippen molar-refractivity contribution in [2.45, 2.75) is 38.1 Å². The highest BCUT2D eigenvalue weighted by atomic mass is 16.1. The third-order valence-corrected chi connectivity index (χ3v) is 4.35. The number of carbonyl (C=O) groups excluding carboxylic acids is 1. The van der Waals surface area contributed by atoms with Gasteiger partial charge in [0.2, 0.25) is 5.91 Å². The molecule has 21 heavy (non-hydrogen) atoms. The van der Waals surface area contributed by atoms with Crippen molar-refractivity contribution in [2.24, 2.45) is 5.73 Å². The fraction of sp³-hybridized carbons (Fsp3) is 0.588. The van der Waals surface area contributed by atoms with Gasteiger partial charge in [0.1, 0.15) is 0 Å². The van der Waals surface area contributed by atoms with Gasteiger partial charge in [-0.3, -0.25) is 9.69 Å². The molecule has 0 aliphatic carbocycles. The summed E-state index contributed by atoms with van der Waals surface area (Å²) in [5.41, 5.74) is 6.64. The highest BCUT2D eigenvalue weighted by molar-refractivity contribution is 5.75. The molecule has 0 radical (unpaired) electrons. The molecule has 0 aromatic heterocycles. The number of nitrogens with one attached hydrogen (secondary N) is 1. The Kier molecular flexibility index (Phi) is 6.21. The zero-order valence-electron chi connectivity index (χ0n) is 12.9. The van der Waals surface area contributed by atoms with E-state index in [4.69, 9.17) is 5.73 Å². The smallest absolute Gasteiger partial charge is 0.231 e. The molecule has 1 amide bonds. The minimum atomic E-state index is -0.224. The van der Waals surface area contributed by atoms with Gasteiger partial charge in [0, 0.05) is 19.1 Å². The van der Waals surface area contributed by atoms with E-state index in [1.807, 2.05) is 0 Å². The van der Waals surface area contributed by atoms with Crippen LogP contribution in [0.4, 0.5) is 0 Å². The van der Waals surface area contributed by atoms with Crippen LogP contribution in [0.3, 0.4) is 0 Å². The lowest BCUT2D eigenvalue weighted by Crippen LogP contribution is -2.45. The molecule has 1 heterocycles. The molecule has 4 heteroatoms. The van der Waals surface area contributed by atoms with Crippen molar-refractivity contribution in [3.63, 3.8) is 0 Å². The minimum absolute atomic E-state index is 0.224. The number of nitrogens with two attached hydrogens (primary N) is 1. The normalized spacial score (nSPS) is 18.5. The second kappa shape index (κ2) is 8.15. The molecular formula is C17H27N3O. The number of benzene rings is 1. The van der Waals surface area contributed by atoms with Gasteiger partial charge >= 0.3 is 0 Å². The van der Waals surface area contributed by atoms with Crippen molar-refractivity contribution in [2.75, 3.05) is 26.2 Å². The highest BCUT2D eigenvalue weighted by Crippen LogP contribution is 2.18. The fourth-order valence-corrected chi connectivity index (χ4v) is 2.97. The molecule has 0 bridgehead atoms. The highest BCUT2D eigenvalue weighted by Gasteiger charge is 2.19. The van der Waals surface area contributed by atoms with Crippen molar-refractivity contribution in [1.29, 1.82) is 0 Å². The van der Waals surface area contributed by atoms with E-state index < -0.39 is 0 Å². The van der Waals surface area contributed by atoms with Gasteiger partial charge in [-0.15, -0.1) is 0 Å². The van der Waals surface area contributed by atoms with Crippen LogP contribution in [0.15, 0.2) is 30.3 Å². The number of primary amides is 1. The Morgan fingerprint density at radius 1 is 1.33 bits per heavy atom. The van der Waals surface area contributed by atoms with E-state index in [0.29, 0.717) is 18.5 Å². The Morgan fingerprint density at radius 2 is 2.00 bits per heavy atom. The molecule has 1 aromatic carbocycles. The Hall–Kier alpha value is -1.39. The predicted molar refractivity (Wildman–Crippen MR) is 86.1 cm³/mol. The maximum absolute atomic E-state index is 10.9. The zero-order valence-corrected chi connectivity index (χ0v) is 12.9. The molecule has 1 aliphatic rings. The van der Waals surface area contributed by atoms with Crippen LogP contribution in [0.5, 0.6) is 0 Å². The third kappa shape index (κ3) is 5.48. The summed E-state index contributed by atoms with van der Waals surface area (Å²) < 4.78 is 0. The largest absolute Gasteiger partial charge is 0.369 e. The molecular weight excluding hydrogens is 262 g/mol. The number of rotatable bonds is 7. The van der Waals surface area contributed by atoms with Crippen LogP contribution in [-0.4, -0.2) is 43.0 Å². The number of carbonyl (C=O) groups is 1. The average Bonchev–Trinajstić information content (AvgIpc) is 2.49. The SMILES string of the molecule is CC(CCNC1CCN(CC(N)=O)CC1)c1ccccc1. The monoisotopic (exact) mass is 289 g/mol. The lowest BCUT2D eigenvalue weighted by molar-refractivity contribution is -0.119. The lowest BCUT2D eigenvalue weighted by Gasteiger charge is -2.31. The summed E-state index contributed by atoms with van der Waals surface area (Å²) in [7, 11) is 0. The van der Waals surface area contributed by atoms with Crippen molar-refractivity contribution in [3.05, 3.63) is 35.9 Å². The molecule has 4 nitrogen and oxygen atoms in total. The van der Waals surface area contributed by atoms with Crippen LogP contribution in [0.1, 0.15) is 37.7 Å². The Morgan fingerprint density at radius 3 is 2.62 bits per heavy atom.